The maximum Gasteiger partial charge on any atom is 0.410 e. The van der Waals surface area contributed by atoms with Crippen LogP contribution >= 0.6 is 0 Å². The summed E-state index contributed by atoms with van der Waals surface area (Å²) in [6.07, 6.45) is 6.05. The predicted octanol–water partition coefficient (Wildman–Crippen LogP) is 5.71. The zero-order chi connectivity index (χ0) is 18.9. The largest absolute Gasteiger partial charge is 0.444 e. The molecule has 26 heavy (non-hydrogen) atoms. The first-order valence-corrected chi connectivity index (χ1v) is 9.57. The van der Waals surface area contributed by atoms with Gasteiger partial charge >= 0.3 is 6.09 Å². The Morgan fingerprint density at radius 1 is 1.35 bits per heavy atom. The Bertz CT molecular complexity index is 826. The fourth-order valence-corrected chi connectivity index (χ4v) is 3.39. The molecule has 2 aromatic rings. The fraction of sp³-hybridized carbons (Fsp3) is 0.500. The molecule has 1 atom stereocenters. The highest BCUT2D eigenvalue weighted by Crippen LogP contribution is 2.31. The average molecular weight is 354 g/mol. The van der Waals surface area contributed by atoms with Crippen LogP contribution in [0.5, 0.6) is 0 Å². The van der Waals surface area contributed by atoms with Crippen LogP contribution in [0.15, 0.2) is 30.5 Å². The number of aromatic nitrogens is 1. The molecule has 0 aliphatic carbocycles. The van der Waals surface area contributed by atoms with Crippen LogP contribution < -0.4 is 0 Å². The van der Waals surface area contributed by atoms with Crippen molar-refractivity contribution in [3.05, 3.63) is 41.6 Å². The monoisotopic (exact) mass is 354 g/mol. The molecule has 1 aromatic carbocycles. The number of H-pyrrole nitrogens is 1. The molecule has 4 nitrogen and oxygen atoms in total. The van der Waals surface area contributed by atoms with E-state index in [9.17, 15) is 4.79 Å². The number of fused-ring (bicyclic) bond motifs is 1. The van der Waals surface area contributed by atoms with Gasteiger partial charge in [-0.3, -0.25) is 0 Å². The van der Waals surface area contributed by atoms with Crippen LogP contribution in [0.4, 0.5) is 4.79 Å². The van der Waals surface area contributed by atoms with Crippen LogP contribution in [0.3, 0.4) is 0 Å². The lowest BCUT2D eigenvalue weighted by Gasteiger charge is -2.29. The van der Waals surface area contributed by atoms with E-state index in [1.807, 2.05) is 20.8 Å². The van der Waals surface area contributed by atoms with Crippen LogP contribution in [-0.4, -0.2) is 34.7 Å². The fourth-order valence-electron chi connectivity index (χ4n) is 3.39. The van der Waals surface area contributed by atoms with Crippen LogP contribution in [0.25, 0.3) is 16.5 Å². The Balaban J connectivity index is 1.79. The third-order valence-electron chi connectivity index (χ3n) is 5.09. The van der Waals surface area contributed by atoms with Gasteiger partial charge in [-0.2, -0.15) is 0 Å². The van der Waals surface area contributed by atoms with Gasteiger partial charge in [-0.1, -0.05) is 26.0 Å². The third-order valence-corrected chi connectivity index (χ3v) is 5.09. The number of nitrogens with one attached hydrogen (secondary N) is 1. The maximum atomic E-state index is 12.2. The van der Waals surface area contributed by atoms with E-state index in [0.29, 0.717) is 19.0 Å². The Hall–Kier alpha value is -2.23. The van der Waals surface area contributed by atoms with E-state index in [-0.39, 0.29) is 6.09 Å². The SMILES string of the molecule is CCC(C)c1c[nH]c2ccc(C3=CCN(C(=O)OC(C)(C)C)CC3)cc12. The van der Waals surface area contributed by atoms with Crippen LogP contribution in [0.2, 0.25) is 0 Å². The predicted molar refractivity (Wildman–Crippen MR) is 107 cm³/mol. The van der Waals surface area contributed by atoms with E-state index in [2.05, 4.69) is 49.3 Å². The lowest BCUT2D eigenvalue weighted by atomic mass is 9.94. The molecule has 0 fully saturated rings. The van der Waals surface area contributed by atoms with Gasteiger partial charge in [-0.15, -0.1) is 0 Å². The molecule has 0 bridgehead atoms. The van der Waals surface area contributed by atoms with Crippen molar-refractivity contribution >= 4 is 22.6 Å². The summed E-state index contributed by atoms with van der Waals surface area (Å²) in [5, 5.41) is 1.31. The number of amides is 1. The van der Waals surface area contributed by atoms with Crippen LogP contribution in [0, 0.1) is 0 Å². The second-order valence-corrected chi connectivity index (χ2v) is 8.22. The van der Waals surface area contributed by atoms with Gasteiger partial charge < -0.3 is 14.6 Å². The summed E-state index contributed by atoms with van der Waals surface area (Å²) < 4.78 is 5.47. The molecule has 1 unspecified atom stereocenters. The number of carbonyl (C=O) groups excluding carboxylic acids is 1. The Kier molecular flexibility index (Phi) is 5.12. The van der Waals surface area contributed by atoms with Gasteiger partial charge in [-0.05, 0) is 68.4 Å². The standard InChI is InChI=1S/C22H30N2O2/c1-6-15(2)19-14-23-20-8-7-17(13-18(19)20)16-9-11-24(12-10-16)21(25)26-22(3,4)5/h7-9,13-15,23H,6,10-12H2,1-5H3. The number of ether oxygens (including phenoxy) is 1. The Labute approximate surface area is 156 Å². The van der Waals surface area contributed by atoms with Crippen molar-refractivity contribution in [2.24, 2.45) is 0 Å². The summed E-state index contributed by atoms with van der Waals surface area (Å²) in [5.74, 6) is 0.544. The van der Waals surface area contributed by atoms with Gasteiger partial charge in [-0.25, -0.2) is 4.79 Å². The highest BCUT2D eigenvalue weighted by molar-refractivity contribution is 5.87. The van der Waals surface area contributed by atoms with Gasteiger partial charge in [0.1, 0.15) is 5.60 Å². The van der Waals surface area contributed by atoms with Crippen molar-refractivity contribution < 1.29 is 9.53 Å². The number of benzene rings is 1. The molecule has 1 amide bonds. The average Bonchev–Trinajstić information content (AvgIpc) is 3.03. The molecule has 0 saturated heterocycles. The van der Waals surface area contributed by atoms with Gasteiger partial charge in [0.25, 0.3) is 0 Å². The van der Waals surface area contributed by atoms with E-state index < -0.39 is 5.60 Å². The second-order valence-electron chi connectivity index (χ2n) is 8.22. The summed E-state index contributed by atoms with van der Waals surface area (Å²) in [7, 11) is 0. The first-order valence-electron chi connectivity index (χ1n) is 9.57. The topological polar surface area (TPSA) is 45.3 Å². The Morgan fingerprint density at radius 2 is 2.12 bits per heavy atom. The number of carbonyl (C=O) groups is 1. The van der Waals surface area contributed by atoms with E-state index >= 15 is 0 Å². The molecule has 0 spiro atoms. The molecular formula is C22H30N2O2. The van der Waals surface area contributed by atoms with Gasteiger partial charge in [0.2, 0.25) is 0 Å². The molecule has 1 aromatic heterocycles. The molecule has 2 heterocycles. The summed E-state index contributed by atoms with van der Waals surface area (Å²) in [6.45, 7) is 11.5. The van der Waals surface area contributed by atoms with E-state index in [1.54, 1.807) is 4.90 Å². The summed E-state index contributed by atoms with van der Waals surface area (Å²) in [6, 6.07) is 6.63. The van der Waals surface area contributed by atoms with Crippen molar-refractivity contribution in [1.29, 1.82) is 0 Å². The minimum atomic E-state index is -0.452. The number of rotatable bonds is 3. The van der Waals surface area contributed by atoms with E-state index in [1.165, 1.54) is 27.6 Å². The van der Waals surface area contributed by atoms with Crippen molar-refractivity contribution in [3.63, 3.8) is 0 Å². The minimum absolute atomic E-state index is 0.229. The molecule has 4 heteroatoms. The van der Waals surface area contributed by atoms with Crippen molar-refractivity contribution in [1.82, 2.24) is 9.88 Å². The lowest BCUT2D eigenvalue weighted by molar-refractivity contribution is 0.0270. The number of aromatic amines is 1. The van der Waals surface area contributed by atoms with Crippen LogP contribution in [-0.2, 0) is 4.74 Å². The normalized spacial score (nSPS) is 16.5. The van der Waals surface area contributed by atoms with Crippen molar-refractivity contribution in [2.75, 3.05) is 13.1 Å². The molecule has 1 aliphatic heterocycles. The summed E-state index contributed by atoms with van der Waals surface area (Å²) >= 11 is 0. The number of hydrogen-bond donors (Lipinski definition) is 1. The first kappa shape index (κ1) is 18.6. The van der Waals surface area contributed by atoms with Gasteiger partial charge in [0.05, 0.1) is 0 Å². The van der Waals surface area contributed by atoms with Gasteiger partial charge in [0, 0.05) is 30.2 Å². The number of hydrogen-bond acceptors (Lipinski definition) is 2. The molecule has 0 radical (unpaired) electrons. The van der Waals surface area contributed by atoms with E-state index in [0.717, 1.165) is 12.8 Å². The quantitative estimate of drug-likeness (QED) is 0.768. The van der Waals surface area contributed by atoms with Gasteiger partial charge in [0.15, 0.2) is 0 Å². The zero-order valence-electron chi connectivity index (χ0n) is 16.6. The highest BCUT2D eigenvalue weighted by Gasteiger charge is 2.24. The molecular weight excluding hydrogens is 324 g/mol. The Morgan fingerprint density at radius 3 is 2.73 bits per heavy atom. The molecule has 140 valence electrons. The first-order chi connectivity index (χ1) is 12.3. The molecule has 0 saturated carbocycles. The smallest absolute Gasteiger partial charge is 0.410 e. The van der Waals surface area contributed by atoms with E-state index in [4.69, 9.17) is 4.74 Å². The number of nitrogens with zero attached hydrogens (tertiary/aromatic N) is 1. The van der Waals surface area contributed by atoms with Crippen molar-refractivity contribution in [2.45, 2.75) is 59.0 Å². The molecule has 1 aliphatic rings. The summed E-state index contributed by atoms with van der Waals surface area (Å²) in [5.41, 5.74) is 4.69. The minimum Gasteiger partial charge on any atom is -0.444 e. The second kappa shape index (κ2) is 7.18. The molecule has 1 N–H and O–H groups in total. The lowest BCUT2D eigenvalue weighted by Crippen LogP contribution is -2.39. The molecule has 3 rings (SSSR count). The maximum absolute atomic E-state index is 12.2. The third kappa shape index (κ3) is 3.95. The highest BCUT2D eigenvalue weighted by atomic mass is 16.6. The summed E-state index contributed by atoms with van der Waals surface area (Å²) in [4.78, 5) is 17.4. The van der Waals surface area contributed by atoms with Crippen LogP contribution in [0.1, 0.15) is 64.5 Å². The zero-order valence-corrected chi connectivity index (χ0v) is 16.6. The van der Waals surface area contributed by atoms with Crippen molar-refractivity contribution in [3.8, 4) is 0 Å².